The molecule has 1 N–H and O–H groups in total. The molecular weight excluding hydrogens is 274 g/mol. The highest BCUT2D eigenvalue weighted by Gasteiger charge is 2.42. The van der Waals surface area contributed by atoms with Gasteiger partial charge in [0.15, 0.2) is 0 Å². The third-order valence-corrected chi connectivity index (χ3v) is 4.14. The lowest BCUT2D eigenvalue weighted by Gasteiger charge is -2.43. The Labute approximate surface area is 122 Å². The van der Waals surface area contributed by atoms with Gasteiger partial charge in [-0.3, -0.25) is 4.90 Å². The van der Waals surface area contributed by atoms with Gasteiger partial charge in [0.25, 0.3) is 0 Å². The van der Waals surface area contributed by atoms with Crippen LogP contribution in [0.5, 0.6) is 0 Å². The van der Waals surface area contributed by atoms with E-state index < -0.39 is 17.7 Å². The molecule has 1 aromatic rings. The van der Waals surface area contributed by atoms with Crippen molar-refractivity contribution < 1.29 is 24.2 Å². The highest BCUT2D eigenvalue weighted by atomic mass is 16.6. The summed E-state index contributed by atoms with van der Waals surface area (Å²) in [7, 11) is 0. The molecule has 2 fully saturated rings. The summed E-state index contributed by atoms with van der Waals surface area (Å²) in [4.78, 5) is 25.0. The summed E-state index contributed by atoms with van der Waals surface area (Å²) < 4.78 is 10.9. The molecule has 6 nitrogen and oxygen atoms in total. The molecule has 2 heterocycles. The number of aromatic carboxylic acids is 1. The molecule has 1 spiro atoms. The maximum atomic E-state index is 12.3. The van der Waals surface area contributed by atoms with Crippen LogP contribution in [0.25, 0.3) is 0 Å². The average molecular weight is 291 g/mol. The first-order chi connectivity index (χ1) is 10.1. The Morgan fingerprint density at radius 1 is 1.19 bits per heavy atom. The standard InChI is InChI=1S/C15H17NO5/c17-13(18)11-3-1-2-4-12(11)16-8-5-15(21-14(16)19)6-9-20-10-7-15/h1-4H,5-10H2,(H,17,18). The lowest BCUT2D eigenvalue weighted by Crippen LogP contribution is -2.52. The van der Waals surface area contributed by atoms with Crippen molar-refractivity contribution in [2.45, 2.75) is 24.9 Å². The van der Waals surface area contributed by atoms with Gasteiger partial charge in [-0.25, -0.2) is 9.59 Å². The van der Waals surface area contributed by atoms with Gasteiger partial charge in [0.05, 0.1) is 24.5 Å². The molecule has 0 aliphatic carbocycles. The van der Waals surface area contributed by atoms with Crippen molar-refractivity contribution in [1.29, 1.82) is 0 Å². The quantitative estimate of drug-likeness (QED) is 0.904. The van der Waals surface area contributed by atoms with Gasteiger partial charge in [0, 0.05) is 25.8 Å². The van der Waals surface area contributed by atoms with E-state index in [1.807, 2.05) is 0 Å². The largest absolute Gasteiger partial charge is 0.478 e. The van der Waals surface area contributed by atoms with Crippen LogP contribution in [0, 0.1) is 0 Å². The molecule has 112 valence electrons. The summed E-state index contributed by atoms with van der Waals surface area (Å²) in [5.74, 6) is -1.05. The number of rotatable bonds is 2. The molecule has 6 heteroatoms. The zero-order valence-electron chi connectivity index (χ0n) is 11.6. The van der Waals surface area contributed by atoms with Crippen LogP contribution in [-0.2, 0) is 9.47 Å². The number of hydrogen-bond acceptors (Lipinski definition) is 4. The molecule has 1 amide bonds. The predicted octanol–water partition coefficient (Wildman–Crippen LogP) is 2.28. The lowest BCUT2D eigenvalue weighted by molar-refractivity contribution is -0.0805. The fraction of sp³-hybridized carbons (Fsp3) is 0.467. The summed E-state index contributed by atoms with van der Waals surface area (Å²) in [5, 5.41) is 9.23. The first kappa shape index (κ1) is 13.9. The highest BCUT2D eigenvalue weighted by molar-refractivity contribution is 6.00. The first-order valence-electron chi connectivity index (χ1n) is 7.02. The molecule has 3 rings (SSSR count). The number of ether oxygens (including phenoxy) is 2. The number of carbonyl (C=O) groups excluding carboxylic acids is 1. The number of benzene rings is 1. The van der Waals surface area contributed by atoms with Gasteiger partial charge in [0.2, 0.25) is 0 Å². The number of nitrogens with zero attached hydrogens (tertiary/aromatic N) is 1. The van der Waals surface area contributed by atoms with Crippen molar-refractivity contribution in [2.75, 3.05) is 24.7 Å². The maximum absolute atomic E-state index is 12.3. The van der Waals surface area contributed by atoms with Crippen LogP contribution in [0.4, 0.5) is 10.5 Å². The minimum absolute atomic E-state index is 0.109. The van der Waals surface area contributed by atoms with E-state index in [-0.39, 0.29) is 5.56 Å². The van der Waals surface area contributed by atoms with E-state index >= 15 is 0 Å². The van der Waals surface area contributed by atoms with Crippen LogP contribution < -0.4 is 4.90 Å². The smallest absolute Gasteiger partial charge is 0.414 e. The lowest BCUT2D eigenvalue weighted by atomic mass is 9.89. The summed E-state index contributed by atoms with van der Waals surface area (Å²) in [6, 6.07) is 6.48. The molecule has 0 aromatic heterocycles. The molecular formula is C15H17NO5. The zero-order valence-corrected chi connectivity index (χ0v) is 11.6. The second kappa shape index (κ2) is 5.37. The van der Waals surface area contributed by atoms with E-state index in [4.69, 9.17) is 9.47 Å². The monoisotopic (exact) mass is 291 g/mol. The summed E-state index contributed by atoms with van der Waals surface area (Å²) in [6.07, 6.45) is 1.62. The molecule has 21 heavy (non-hydrogen) atoms. The number of carbonyl (C=O) groups is 2. The van der Waals surface area contributed by atoms with E-state index in [1.54, 1.807) is 18.2 Å². The third-order valence-electron chi connectivity index (χ3n) is 4.14. The molecule has 2 saturated heterocycles. The van der Waals surface area contributed by atoms with E-state index in [1.165, 1.54) is 11.0 Å². The second-order valence-electron chi connectivity index (χ2n) is 5.39. The van der Waals surface area contributed by atoms with Crippen molar-refractivity contribution >= 4 is 17.7 Å². The number of amides is 1. The van der Waals surface area contributed by atoms with Crippen LogP contribution >= 0.6 is 0 Å². The van der Waals surface area contributed by atoms with Crippen molar-refractivity contribution in [3.63, 3.8) is 0 Å². The topological polar surface area (TPSA) is 76.1 Å². The molecule has 0 unspecified atom stereocenters. The van der Waals surface area contributed by atoms with Gasteiger partial charge in [-0.1, -0.05) is 12.1 Å². The zero-order chi connectivity index (χ0) is 14.9. The number of para-hydroxylation sites is 1. The number of anilines is 1. The molecule has 0 bridgehead atoms. The highest BCUT2D eigenvalue weighted by Crippen LogP contribution is 2.35. The van der Waals surface area contributed by atoms with Crippen LogP contribution in [0.2, 0.25) is 0 Å². The van der Waals surface area contributed by atoms with Crippen molar-refractivity contribution in [3.8, 4) is 0 Å². The van der Waals surface area contributed by atoms with Crippen LogP contribution in [-0.4, -0.2) is 42.5 Å². The minimum atomic E-state index is -1.05. The van der Waals surface area contributed by atoms with Gasteiger partial charge in [-0.2, -0.15) is 0 Å². The van der Waals surface area contributed by atoms with Crippen molar-refractivity contribution in [3.05, 3.63) is 29.8 Å². The normalized spacial score (nSPS) is 21.1. The molecule has 2 aliphatic rings. The summed E-state index contributed by atoms with van der Waals surface area (Å²) in [5.41, 5.74) is 0.0542. The number of carboxylic acid groups (broad SMARTS) is 1. The third kappa shape index (κ3) is 2.58. The fourth-order valence-electron chi connectivity index (χ4n) is 2.90. The van der Waals surface area contributed by atoms with Crippen LogP contribution in [0.1, 0.15) is 29.6 Å². The van der Waals surface area contributed by atoms with E-state index in [0.717, 1.165) is 0 Å². The Balaban J connectivity index is 1.83. The van der Waals surface area contributed by atoms with E-state index in [9.17, 15) is 14.7 Å². The molecule has 0 radical (unpaired) electrons. The second-order valence-corrected chi connectivity index (χ2v) is 5.39. The van der Waals surface area contributed by atoms with E-state index in [2.05, 4.69) is 0 Å². The van der Waals surface area contributed by atoms with Gasteiger partial charge in [0.1, 0.15) is 5.60 Å². The van der Waals surface area contributed by atoms with E-state index in [0.29, 0.717) is 44.7 Å². The first-order valence-corrected chi connectivity index (χ1v) is 7.02. The van der Waals surface area contributed by atoms with Crippen molar-refractivity contribution in [1.82, 2.24) is 0 Å². The SMILES string of the molecule is O=C(O)c1ccccc1N1CCC2(CCOCC2)OC1=O. The molecule has 0 atom stereocenters. The number of hydrogen-bond donors (Lipinski definition) is 1. The predicted molar refractivity (Wildman–Crippen MR) is 74.6 cm³/mol. The van der Waals surface area contributed by atoms with Crippen molar-refractivity contribution in [2.24, 2.45) is 0 Å². The van der Waals surface area contributed by atoms with Crippen LogP contribution in [0.3, 0.4) is 0 Å². The summed E-state index contributed by atoms with van der Waals surface area (Å²) in [6.45, 7) is 1.65. The molecule has 2 aliphatic heterocycles. The Hall–Kier alpha value is -2.08. The maximum Gasteiger partial charge on any atom is 0.414 e. The van der Waals surface area contributed by atoms with Gasteiger partial charge >= 0.3 is 12.1 Å². The Bertz CT molecular complexity index is 565. The Morgan fingerprint density at radius 2 is 1.90 bits per heavy atom. The van der Waals surface area contributed by atoms with Gasteiger partial charge in [-0.15, -0.1) is 0 Å². The fourth-order valence-corrected chi connectivity index (χ4v) is 2.90. The minimum Gasteiger partial charge on any atom is -0.478 e. The number of carboxylic acids is 1. The summed E-state index contributed by atoms with van der Waals surface area (Å²) >= 11 is 0. The van der Waals surface area contributed by atoms with Gasteiger partial charge < -0.3 is 14.6 Å². The Kier molecular flexibility index (Phi) is 3.55. The average Bonchev–Trinajstić information content (AvgIpc) is 2.48. The Morgan fingerprint density at radius 3 is 2.57 bits per heavy atom. The van der Waals surface area contributed by atoms with Gasteiger partial charge in [-0.05, 0) is 12.1 Å². The molecule has 0 saturated carbocycles. The molecule has 1 aromatic carbocycles. The van der Waals surface area contributed by atoms with Crippen LogP contribution in [0.15, 0.2) is 24.3 Å².